The Labute approximate surface area is 411 Å². The minimum atomic E-state index is -4.44. The Morgan fingerprint density at radius 1 is 0.444 bits per heavy atom. The molecular formula is C50H48F6N6O8S2. The van der Waals surface area contributed by atoms with Gasteiger partial charge in [0.05, 0.1) is 34.1 Å². The van der Waals surface area contributed by atoms with E-state index in [-0.39, 0.29) is 45.4 Å². The lowest BCUT2D eigenvalue weighted by Crippen LogP contribution is -2.21. The molecule has 4 aromatic carbocycles. The number of anilines is 2. The summed E-state index contributed by atoms with van der Waals surface area (Å²) in [5.74, 6) is 0.128. The van der Waals surface area contributed by atoms with E-state index in [4.69, 9.17) is 18.9 Å². The van der Waals surface area contributed by atoms with Crippen LogP contribution in [0.2, 0.25) is 0 Å². The molecule has 0 amide bonds. The number of alkyl halides is 6. The molecule has 0 aliphatic carbocycles. The first-order valence-corrected chi connectivity index (χ1v) is 26.1. The van der Waals surface area contributed by atoms with Crippen molar-refractivity contribution >= 4 is 31.9 Å². The van der Waals surface area contributed by atoms with Crippen LogP contribution in [0.3, 0.4) is 0 Å². The highest BCUT2D eigenvalue weighted by atomic mass is 32.2. The van der Waals surface area contributed by atoms with Crippen molar-refractivity contribution in [3.63, 3.8) is 0 Å². The van der Waals surface area contributed by atoms with Crippen molar-refractivity contribution in [3.05, 3.63) is 154 Å². The molecule has 380 valence electrons. The molecule has 72 heavy (non-hydrogen) atoms. The molecule has 2 atom stereocenters. The van der Waals surface area contributed by atoms with Gasteiger partial charge in [-0.05, 0) is 121 Å². The van der Waals surface area contributed by atoms with E-state index in [1.54, 1.807) is 36.4 Å². The number of halogens is 6. The van der Waals surface area contributed by atoms with Gasteiger partial charge in [0, 0.05) is 86.3 Å². The van der Waals surface area contributed by atoms with Crippen LogP contribution in [0.4, 0.5) is 38.2 Å². The van der Waals surface area contributed by atoms with E-state index in [9.17, 15) is 43.2 Å². The number of hydrogen-bond donors (Lipinski definition) is 2. The van der Waals surface area contributed by atoms with Crippen LogP contribution in [0, 0.1) is 0 Å². The van der Waals surface area contributed by atoms with Gasteiger partial charge in [0.1, 0.15) is 11.5 Å². The van der Waals surface area contributed by atoms with Gasteiger partial charge in [-0.25, -0.2) is 46.2 Å². The van der Waals surface area contributed by atoms with Crippen LogP contribution < -0.4 is 18.9 Å². The number of nitrogens with zero attached hydrogens (tertiary/aromatic N) is 4. The van der Waals surface area contributed by atoms with Gasteiger partial charge in [0.15, 0.2) is 0 Å². The van der Waals surface area contributed by atoms with E-state index < -0.39 is 43.5 Å². The summed E-state index contributed by atoms with van der Waals surface area (Å²) in [5.41, 5.74) is 3.10. The summed E-state index contributed by atoms with van der Waals surface area (Å²) >= 11 is 0. The molecular weight excluding hydrogens is 991 g/mol. The largest absolute Gasteiger partial charge is 0.493 e. The first-order valence-electron chi connectivity index (χ1n) is 23.2. The molecule has 6 heterocycles. The van der Waals surface area contributed by atoms with Crippen LogP contribution in [0.5, 0.6) is 11.5 Å². The average molecular weight is 1040 g/mol. The molecule has 0 bridgehead atoms. The van der Waals surface area contributed by atoms with Crippen molar-refractivity contribution in [2.24, 2.45) is 0 Å². The highest BCUT2D eigenvalue weighted by Crippen LogP contribution is 2.47. The van der Waals surface area contributed by atoms with Crippen molar-refractivity contribution in [3.8, 4) is 11.5 Å². The van der Waals surface area contributed by atoms with Crippen molar-refractivity contribution in [1.82, 2.24) is 19.9 Å². The molecule has 4 aliphatic heterocycles. The molecule has 2 N–H and O–H groups in total. The first kappa shape index (κ1) is 50.6. The molecule has 4 aliphatic rings. The second-order valence-corrected chi connectivity index (χ2v) is 21.0. The Hall–Kier alpha value is -6.36. The molecule has 0 unspecified atom stereocenters. The van der Waals surface area contributed by atoms with Gasteiger partial charge in [-0.15, -0.1) is 0 Å². The smallest absolute Gasteiger partial charge is 0.416 e. The molecule has 14 nitrogen and oxygen atoms in total. The summed E-state index contributed by atoms with van der Waals surface area (Å²) < 4.78 is 160. The minimum absolute atomic E-state index is 0.0218. The lowest BCUT2D eigenvalue weighted by molar-refractivity contribution is -0.138. The predicted molar refractivity (Wildman–Crippen MR) is 251 cm³/mol. The predicted octanol–water partition coefficient (Wildman–Crippen LogP) is 10.2. The molecule has 0 radical (unpaired) electrons. The molecule has 2 aromatic heterocycles. The molecule has 6 aromatic rings. The summed E-state index contributed by atoms with van der Waals surface area (Å²) in [6.45, 7) is 2.64. The Balaban J connectivity index is 0.000000178. The molecule has 2 saturated heterocycles. The summed E-state index contributed by atoms with van der Waals surface area (Å²) in [6, 6.07) is 20.2. The second kappa shape index (κ2) is 21.0. The van der Waals surface area contributed by atoms with Crippen molar-refractivity contribution in [2.45, 2.75) is 84.3 Å². The highest BCUT2D eigenvalue weighted by Gasteiger charge is 2.37. The zero-order chi connectivity index (χ0) is 50.7. The fraction of sp³-hybridized carbons (Fsp3) is 0.360. The third kappa shape index (κ3) is 11.5. The third-order valence-electron chi connectivity index (χ3n) is 13.2. The third-order valence-corrected chi connectivity index (χ3v) is 15.8. The molecule has 0 saturated carbocycles. The lowest BCUT2D eigenvalue weighted by atomic mass is 9.78. The molecule has 2 fully saturated rings. The zero-order valence-corrected chi connectivity index (χ0v) is 40.0. The van der Waals surface area contributed by atoms with Crippen LogP contribution in [0.1, 0.15) is 107 Å². The van der Waals surface area contributed by atoms with Crippen molar-refractivity contribution in [2.75, 3.05) is 49.1 Å². The summed E-state index contributed by atoms with van der Waals surface area (Å²) in [7, 11) is -7.94. The van der Waals surface area contributed by atoms with E-state index in [1.807, 2.05) is 0 Å². The van der Waals surface area contributed by atoms with Gasteiger partial charge in [-0.2, -0.15) is 26.3 Å². The number of nitrogens with one attached hydrogen (secondary N) is 2. The Morgan fingerprint density at radius 2 is 0.806 bits per heavy atom. The SMILES string of the molecule is O=S(=O)(Nc1ncccn1)c1ccc2c(c1)OCC[C@@H]2c1ccc(C(F)(F)F)cc1C1CCOCC1.O=S(=O)(Nc1ncccn1)c1ccc2c(c1)OCC[C@H]2c1ccc(C(F)(F)F)cc1C1CCOCC1. The van der Waals surface area contributed by atoms with Crippen LogP contribution >= 0.6 is 0 Å². The number of fused-ring (bicyclic) bond motifs is 2. The Kier molecular flexibility index (Phi) is 14.8. The van der Waals surface area contributed by atoms with Crippen LogP contribution in [-0.2, 0) is 41.9 Å². The number of aromatic nitrogens is 4. The van der Waals surface area contributed by atoms with E-state index in [1.165, 1.54) is 61.2 Å². The van der Waals surface area contributed by atoms with Gasteiger partial charge in [0.2, 0.25) is 11.9 Å². The second-order valence-electron chi connectivity index (χ2n) is 17.6. The van der Waals surface area contributed by atoms with Gasteiger partial charge < -0.3 is 18.9 Å². The fourth-order valence-electron chi connectivity index (χ4n) is 9.64. The minimum Gasteiger partial charge on any atom is -0.493 e. The molecule has 22 heteroatoms. The highest BCUT2D eigenvalue weighted by molar-refractivity contribution is 7.93. The standard InChI is InChI=1S/2C25H24F3N3O4S/c2*26-25(27,28)17-2-4-19(22(14-17)16-6-11-34-12-7-16)20-8-13-35-23-15-18(3-5-21(20)23)36(32,33)31-24-29-9-1-10-30-24/h2*1-5,9-10,14-16,20H,6-8,11-13H2,(H,29,30,31)/t2*20-/m10/s1. The van der Waals surface area contributed by atoms with Crippen LogP contribution in [0.15, 0.2) is 120 Å². The number of ether oxygens (including phenoxy) is 4. The van der Waals surface area contributed by atoms with Crippen LogP contribution in [-0.4, -0.2) is 76.4 Å². The number of benzene rings is 4. The maximum Gasteiger partial charge on any atom is 0.416 e. The Bertz CT molecular complexity index is 2900. The lowest BCUT2D eigenvalue weighted by Gasteiger charge is -2.32. The van der Waals surface area contributed by atoms with Gasteiger partial charge in [0.25, 0.3) is 20.0 Å². The quantitative estimate of drug-likeness (QED) is 0.124. The van der Waals surface area contributed by atoms with Crippen molar-refractivity contribution < 1.29 is 62.1 Å². The normalized spacial score (nSPS) is 18.8. The van der Waals surface area contributed by atoms with Crippen molar-refractivity contribution in [1.29, 1.82) is 0 Å². The van der Waals surface area contributed by atoms with E-state index in [0.29, 0.717) is 101 Å². The van der Waals surface area contributed by atoms with Crippen LogP contribution in [0.25, 0.3) is 0 Å². The number of hydrogen-bond acceptors (Lipinski definition) is 12. The van der Waals surface area contributed by atoms with E-state index in [2.05, 4.69) is 29.4 Å². The maximum absolute atomic E-state index is 13.5. The molecule has 0 spiro atoms. The average Bonchev–Trinajstić information content (AvgIpc) is 3.38. The topological polar surface area (TPSA) is 181 Å². The zero-order valence-electron chi connectivity index (χ0n) is 38.3. The summed E-state index contributed by atoms with van der Waals surface area (Å²) in [5, 5.41) is 0. The fourth-order valence-corrected chi connectivity index (χ4v) is 11.6. The van der Waals surface area contributed by atoms with Gasteiger partial charge in [-0.1, -0.05) is 24.3 Å². The van der Waals surface area contributed by atoms with Gasteiger partial charge in [-0.3, -0.25) is 0 Å². The van der Waals surface area contributed by atoms with E-state index >= 15 is 0 Å². The number of rotatable bonds is 10. The Morgan fingerprint density at radius 3 is 1.17 bits per heavy atom. The van der Waals surface area contributed by atoms with Gasteiger partial charge >= 0.3 is 12.4 Å². The first-order chi connectivity index (χ1) is 34.4. The maximum atomic E-state index is 13.5. The number of sulfonamides is 2. The molecule has 10 rings (SSSR count). The monoisotopic (exact) mass is 1040 g/mol. The van der Waals surface area contributed by atoms with E-state index in [0.717, 1.165) is 34.4 Å². The summed E-state index contributed by atoms with van der Waals surface area (Å²) in [6.07, 6.45) is 0.532. The summed E-state index contributed by atoms with van der Waals surface area (Å²) in [4.78, 5) is 15.5.